The summed E-state index contributed by atoms with van der Waals surface area (Å²) in [7, 11) is 0. The van der Waals surface area contributed by atoms with Gasteiger partial charge in [0.1, 0.15) is 0 Å². The average molecular weight is 320 g/mol. The lowest BCUT2D eigenvalue weighted by atomic mass is 9.82. The van der Waals surface area contributed by atoms with Gasteiger partial charge in [0.25, 0.3) is 0 Å². The zero-order chi connectivity index (χ0) is 15.7. The van der Waals surface area contributed by atoms with E-state index in [9.17, 15) is 14.7 Å². The van der Waals surface area contributed by atoms with E-state index in [0.717, 1.165) is 12.0 Å². The Bertz CT molecular complexity index is 611. The van der Waals surface area contributed by atoms with Gasteiger partial charge in [0.05, 0.1) is 11.8 Å². The zero-order valence-corrected chi connectivity index (χ0v) is 12.8. The molecule has 4 nitrogen and oxygen atoms in total. The topological polar surface area (TPSA) is 66.4 Å². The predicted octanol–water partition coefficient (Wildman–Crippen LogP) is 2.52. The number of carboxylic acids is 1. The minimum Gasteiger partial charge on any atom is -0.481 e. The molecule has 1 saturated carbocycles. The number of nitrogens with one attached hydrogen (secondary N) is 1. The number of amides is 1. The van der Waals surface area contributed by atoms with E-state index < -0.39 is 17.8 Å². The highest BCUT2D eigenvalue weighted by Crippen LogP contribution is 2.48. The Labute approximate surface area is 134 Å². The lowest BCUT2D eigenvalue weighted by Crippen LogP contribution is -2.40. The Morgan fingerprint density at radius 1 is 1.14 bits per heavy atom. The third-order valence-electron chi connectivity index (χ3n) is 4.67. The van der Waals surface area contributed by atoms with Crippen molar-refractivity contribution in [3.05, 3.63) is 47.0 Å². The first kappa shape index (κ1) is 15.1. The standard InChI is InChI=1S/C17H18ClNO3/c18-13-5-1-10(2-6-13)7-8-19-16(20)14-11-3-4-12(9-11)15(14)17(21)22/h1-6,11-12,14-15H,7-9H2,(H,19,20)(H,21,22)/t11-,12-,14-,15-/m0/s1. The van der Waals surface area contributed by atoms with Crippen LogP contribution in [0.4, 0.5) is 0 Å². The van der Waals surface area contributed by atoms with Crippen molar-refractivity contribution in [3.8, 4) is 0 Å². The van der Waals surface area contributed by atoms with Gasteiger partial charge in [-0.2, -0.15) is 0 Å². The molecule has 1 fully saturated rings. The van der Waals surface area contributed by atoms with Crippen LogP contribution in [0.2, 0.25) is 5.02 Å². The van der Waals surface area contributed by atoms with Crippen LogP contribution in [0, 0.1) is 23.7 Å². The molecule has 2 aliphatic rings. The summed E-state index contributed by atoms with van der Waals surface area (Å²) in [4.78, 5) is 23.8. The number of hydrogen-bond acceptors (Lipinski definition) is 2. The second-order valence-corrected chi connectivity index (χ2v) is 6.44. The van der Waals surface area contributed by atoms with Crippen molar-refractivity contribution in [2.45, 2.75) is 12.8 Å². The SMILES string of the molecule is O=C(O)[C@@H]1[C@@H](C(=O)NCCc2ccc(Cl)cc2)[C@H]2C=C[C@H]1C2. The van der Waals surface area contributed by atoms with Crippen LogP contribution in [-0.4, -0.2) is 23.5 Å². The highest BCUT2D eigenvalue weighted by molar-refractivity contribution is 6.30. The molecule has 0 radical (unpaired) electrons. The molecule has 0 heterocycles. The molecule has 1 aromatic carbocycles. The maximum atomic E-state index is 12.4. The Balaban J connectivity index is 1.56. The normalized spacial score (nSPS) is 28.8. The minimum absolute atomic E-state index is 0.00881. The molecule has 4 atom stereocenters. The maximum absolute atomic E-state index is 12.4. The molecule has 0 aliphatic heterocycles. The Morgan fingerprint density at radius 2 is 1.77 bits per heavy atom. The van der Waals surface area contributed by atoms with Crippen molar-refractivity contribution < 1.29 is 14.7 Å². The molecule has 22 heavy (non-hydrogen) atoms. The molecule has 3 rings (SSSR count). The lowest BCUT2D eigenvalue weighted by molar-refractivity contribution is -0.147. The first-order valence-electron chi connectivity index (χ1n) is 7.49. The number of carbonyl (C=O) groups is 2. The van der Waals surface area contributed by atoms with E-state index in [4.69, 9.17) is 11.6 Å². The third kappa shape index (κ3) is 2.88. The van der Waals surface area contributed by atoms with Crippen LogP contribution >= 0.6 is 11.6 Å². The fourth-order valence-electron chi connectivity index (χ4n) is 3.62. The van der Waals surface area contributed by atoms with E-state index in [-0.39, 0.29) is 17.7 Å². The van der Waals surface area contributed by atoms with E-state index in [2.05, 4.69) is 5.32 Å². The first-order valence-corrected chi connectivity index (χ1v) is 7.87. The second kappa shape index (κ2) is 6.13. The highest BCUT2D eigenvalue weighted by Gasteiger charge is 2.51. The molecule has 2 N–H and O–H groups in total. The van der Waals surface area contributed by atoms with Crippen molar-refractivity contribution in [2.24, 2.45) is 23.7 Å². The number of fused-ring (bicyclic) bond motifs is 2. The molecule has 0 saturated heterocycles. The highest BCUT2D eigenvalue weighted by atomic mass is 35.5. The number of allylic oxidation sites excluding steroid dienone is 2. The number of carboxylic acid groups (broad SMARTS) is 1. The Hall–Kier alpha value is -1.81. The fraction of sp³-hybridized carbons (Fsp3) is 0.412. The van der Waals surface area contributed by atoms with Gasteiger partial charge >= 0.3 is 5.97 Å². The van der Waals surface area contributed by atoms with Crippen LogP contribution in [0.15, 0.2) is 36.4 Å². The quantitative estimate of drug-likeness (QED) is 0.820. The monoisotopic (exact) mass is 319 g/mol. The summed E-state index contributed by atoms with van der Waals surface area (Å²) < 4.78 is 0. The number of aliphatic carboxylic acids is 1. The zero-order valence-electron chi connectivity index (χ0n) is 12.0. The van der Waals surface area contributed by atoms with Crippen molar-refractivity contribution in [1.82, 2.24) is 5.32 Å². The van der Waals surface area contributed by atoms with Crippen molar-refractivity contribution >= 4 is 23.5 Å². The van der Waals surface area contributed by atoms with Gasteiger partial charge in [-0.15, -0.1) is 0 Å². The summed E-state index contributed by atoms with van der Waals surface area (Å²) in [5, 5.41) is 12.9. The van der Waals surface area contributed by atoms with Crippen LogP contribution < -0.4 is 5.32 Å². The van der Waals surface area contributed by atoms with Crippen LogP contribution in [0.1, 0.15) is 12.0 Å². The molecule has 116 valence electrons. The summed E-state index contributed by atoms with van der Waals surface area (Å²) in [6.45, 7) is 0.504. The van der Waals surface area contributed by atoms with Crippen LogP contribution in [0.5, 0.6) is 0 Å². The molecule has 2 bridgehead atoms. The van der Waals surface area contributed by atoms with Crippen LogP contribution in [-0.2, 0) is 16.0 Å². The van der Waals surface area contributed by atoms with E-state index >= 15 is 0 Å². The molecular weight excluding hydrogens is 302 g/mol. The van der Waals surface area contributed by atoms with Crippen LogP contribution in [0.3, 0.4) is 0 Å². The van der Waals surface area contributed by atoms with E-state index in [1.807, 2.05) is 36.4 Å². The molecule has 1 amide bonds. The number of rotatable bonds is 5. The Kier molecular flexibility index (Phi) is 4.21. The molecule has 0 aromatic heterocycles. The van der Waals surface area contributed by atoms with Crippen molar-refractivity contribution in [2.75, 3.05) is 6.54 Å². The second-order valence-electron chi connectivity index (χ2n) is 6.01. The number of benzene rings is 1. The van der Waals surface area contributed by atoms with Gasteiger partial charge in [-0.1, -0.05) is 35.9 Å². The van der Waals surface area contributed by atoms with Gasteiger partial charge in [-0.3, -0.25) is 9.59 Å². The summed E-state index contributed by atoms with van der Waals surface area (Å²) in [5.41, 5.74) is 1.09. The lowest BCUT2D eigenvalue weighted by Gasteiger charge is -2.23. The predicted molar refractivity (Wildman–Crippen MR) is 83.5 cm³/mol. The fourth-order valence-corrected chi connectivity index (χ4v) is 3.74. The number of hydrogen-bond donors (Lipinski definition) is 2. The molecule has 2 aliphatic carbocycles. The number of carbonyl (C=O) groups excluding carboxylic acids is 1. The van der Waals surface area contributed by atoms with Gasteiger partial charge in [-0.05, 0) is 42.4 Å². The van der Waals surface area contributed by atoms with E-state index in [0.29, 0.717) is 18.0 Å². The van der Waals surface area contributed by atoms with E-state index in [1.54, 1.807) is 0 Å². The first-order chi connectivity index (χ1) is 10.6. The molecule has 5 heteroatoms. The molecule has 0 unspecified atom stereocenters. The molecule has 0 spiro atoms. The molecule has 1 aromatic rings. The summed E-state index contributed by atoms with van der Waals surface area (Å²) >= 11 is 5.83. The Morgan fingerprint density at radius 3 is 2.41 bits per heavy atom. The van der Waals surface area contributed by atoms with Gasteiger partial charge in [-0.25, -0.2) is 0 Å². The number of halogens is 1. The molecular formula is C17H18ClNO3. The summed E-state index contributed by atoms with van der Waals surface area (Å²) in [6, 6.07) is 7.49. The smallest absolute Gasteiger partial charge is 0.307 e. The van der Waals surface area contributed by atoms with Gasteiger partial charge < -0.3 is 10.4 Å². The van der Waals surface area contributed by atoms with Crippen molar-refractivity contribution in [3.63, 3.8) is 0 Å². The van der Waals surface area contributed by atoms with Crippen LogP contribution in [0.25, 0.3) is 0 Å². The maximum Gasteiger partial charge on any atom is 0.307 e. The summed E-state index contributed by atoms with van der Waals surface area (Å²) in [5.74, 6) is -1.94. The average Bonchev–Trinajstić information content (AvgIpc) is 3.09. The van der Waals surface area contributed by atoms with Gasteiger partial charge in [0.2, 0.25) is 5.91 Å². The third-order valence-corrected chi connectivity index (χ3v) is 4.93. The van der Waals surface area contributed by atoms with Gasteiger partial charge in [0, 0.05) is 11.6 Å². The van der Waals surface area contributed by atoms with E-state index in [1.165, 1.54) is 0 Å². The van der Waals surface area contributed by atoms with Crippen molar-refractivity contribution in [1.29, 1.82) is 0 Å². The van der Waals surface area contributed by atoms with Gasteiger partial charge in [0.15, 0.2) is 0 Å². The largest absolute Gasteiger partial charge is 0.481 e. The minimum atomic E-state index is -0.866. The summed E-state index contributed by atoms with van der Waals surface area (Å²) in [6.07, 6.45) is 5.43.